The van der Waals surface area contributed by atoms with E-state index in [1.807, 2.05) is 0 Å². The molecule has 126 valence electrons. The van der Waals surface area contributed by atoms with Crippen molar-refractivity contribution < 1.29 is 9.53 Å². The number of unbranched alkanes of at least 4 members (excludes halogenated alkanes) is 4. The van der Waals surface area contributed by atoms with Crippen LogP contribution in [0.4, 0.5) is 11.4 Å². The number of ether oxygens (including phenoxy) is 1. The number of azo groups is 1. The molecule has 0 saturated heterocycles. The molecule has 5 heteroatoms. The lowest BCUT2D eigenvalue weighted by atomic mass is 10.1. The number of aromatic nitrogens is 1. The van der Waals surface area contributed by atoms with Crippen molar-refractivity contribution >= 4 is 17.3 Å². The Morgan fingerprint density at radius 2 is 1.54 bits per heavy atom. The van der Waals surface area contributed by atoms with E-state index in [9.17, 15) is 4.79 Å². The summed E-state index contributed by atoms with van der Waals surface area (Å²) in [5, 5.41) is 8.24. The Kier molecular flexibility index (Phi) is 7.60. The summed E-state index contributed by atoms with van der Waals surface area (Å²) < 4.78 is 5.32. The molecule has 0 amide bonds. The van der Waals surface area contributed by atoms with E-state index in [0.717, 1.165) is 18.5 Å². The highest BCUT2D eigenvalue weighted by Crippen LogP contribution is 2.21. The Morgan fingerprint density at radius 3 is 2.21 bits per heavy atom. The van der Waals surface area contributed by atoms with Gasteiger partial charge in [0.1, 0.15) is 5.75 Å². The maximum absolute atomic E-state index is 11.8. The molecule has 0 radical (unpaired) electrons. The quantitative estimate of drug-likeness (QED) is 0.255. The van der Waals surface area contributed by atoms with Crippen LogP contribution in [0.25, 0.3) is 0 Å². The first-order valence-corrected chi connectivity index (χ1v) is 8.40. The van der Waals surface area contributed by atoms with Gasteiger partial charge in [0.05, 0.1) is 11.4 Å². The third-order valence-corrected chi connectivity index (χ3v) is 3.50. The van der Waals surface area contributed by atoms with Crippen molar-refractivity contribution in [3.8, 4) is 5.75 Å². The summed E-state index contributed by atoms with van der Waals surface area (Å²) in [5.74, 6) is 0.356. The van der Waals surface area contributed by atoms with Gasteiger partial charge < -0.3 is 4.74 Å². The molecule has 24 heavy (non-hydrogen) atoms. The van der Waals surface area contributed by atoms with Gasteiger partial charge in [0.2, 0.25) is 0 Å². The summed E-state index contributed by atoms with van der Waals surface area (Å²) in [6.07, 6.45) is 9.38. The molecule has 1 heterocycles. The second kappa shape index (κ2) is 10.3. The monoisotopic (exact) mass is 325 g/mol. The predicted octanol–water partition coefficient (Wildman–Crippen LogP) is 5.76. The molecule has 0 bridgehead atoms. The van der Waals surface area contributed by atoms with Gasteiger partial charge in [0.15, 0.2) is 0 Å². The molecular formula is C19H23N3O2. The highest BCUT2D eigenvalue weighted by Gasteiger charge is 2.04. The molecule has 0 saturated carbocycles. The lowest BCUT2D eigenvalue weighted by Crippen LogP contribution is -2.07. The maximum atomic E-state index is 11.8. The molecule has 0 spiro atoms. The smallest absolute Gasteiger partial charge is 0.311 e. The van der Waals surface area contributed by atoms with Crippen molar-refractivity contribution in [2.24, 2.45) is 10.2 Å². The second-order valence-electron chi connectivity index (χ2n) is 5.54. The fraction of sp³-hybridized carbons (Fsp3) is 0.368. The van der Waals surface area contributed by atoms with Crippen molar-refractivity contribution in [3.63, 3.8) is 0 Å². The molecular weight excluding hydrogens is 302 g/mol. The Labute approximate surface area is 142 Å². The molecule has 0 aliphatic carbocycles. The van der Waals surface area contributed by atoms with Gasteiger partial charge in [-0.2, -0.15) is 10.2 Å². The van der Waals surface area contributed by atoms with Gasteiger partial charge in [-0.05, 0) is 42.8 Å². The molecule has 2 rings (SSSR count). The first kappa shape index (κ1) is 17.8. The normalized spacial score (nSPS) is 10.9. The molecule has 0 fully saturated rings. The summed E-state index contributed by atoms with van der Waals surface area (Å²) in [6.45, 7) is 2.18. The zero-order chi connectivity index (χ0) is 17.0. The Hall–Kier alpha value is -2.56. The summed E-state index contributed by atoms with van der Waals surface area (Å²) in [6, 6.07) is 10.6. The van der Waals surface area contributed by atoms with Crippen molar-refractivity contribution in [3.05, 3.63) is 48.8 Å². The van der Waals surface area contributed by atoms with E-state index in [1.54, 1.807) is 48.8 Å². The van der Waals surface area contributed by atoms with Crippen LogP contribution in [0.2, 0.25) is 0 Å². The average molecular weight is 325 g/mol. The van der Waals surface area contributed by atoms with Crippen LogP contribution in [0.1, 0.15) is 45.4 Å². The predicted molar refractivity (Wildman–Crippen MR) is 93.9 cm³/mol. The summed E-state index contributed by atoms with van der Waals surface area (Å²) in [4.78, 5) is 15.7. The van der Waals surface area contributed by atoms with Crippen molar-refractivity contribution in [2.45, 2.75) is 45.4 Å². The number of pyridine rings is 1. The van der Waals surface area contributed by atoms with E-state index < -0.39 is 0 Å². The molecule has 5 nitrogen and oxygen atoms in total. The van der Waals surface area contributed by atoms with E-state index >= 15 is 0 Å². The van der Waals surface area contributed by atoms with E-state index in [2.05, 4.69) is 22.1 Å². The highest BCUT2D eigenvalue weighted by molar-refractivity contribution is 5.72. The summed E-state index contributed by atoms with van der Waals surface area (Å²) in [5.41, 5.74) is 1.44. The number of rotatable bonds is 9. The third kappa shape index (κ3) is 6.69. The first-order valence-electron chi connectivity index (χ1n) is 8.40. The molecule has 1 aromatic heterocycles. The topological polar surface area (TPSA) is 63.9 Å². The van der Waals surface area contributed by atoms with Crippen LogP contribution in [0, 0.1) is 0 Å². The lowest BCUT2D eigenvalue weighted by molar-refractivity contribution is -0.134. The van der Waals surface area contributed by atoms with E-state index in [1.165, 1.54) is 19.3 Å². The molecule has 0 atom stereocenters. The number of benzene rings is 1. The van der Waals surface area contributed by atoms with Gasteiger partial charge in [0.25, 0.3) is 0 Å². The van der Waals surface area contributed by atoms with Crippen LogP contribution in [-0.4, -0.2) is 11.0 Å². The van der Waals surface area contributed by atoms with Crippen LogP contribution in [0.5, 0.6) is 5.75 Å². The fourth-order valence-corrected chi connectivity index (χ4v) is 2.16. The van der Waals surface area contributed by atoms with Crippen molar-refractivity contribution in [1.82, 2.24) is 4.98 Å². The zero-order valence-corrected chi connectivity index (χ0v) is 14.0. The van der Waals surface area contributed by atoms with E-state index in [0.29, 0.717) is 17.9 Å². The minimum Gasteiger partial charge on any atom is -0.427 e. The van der Waals surface area contributed by atoms with Crippen LogP contribution in [-0.2, 0) is 4.79 Å². The highest BCUT2D eigenvalue weighted by atomic mass is 16.5. The van der Waals surface area contributed by atoms with Gasteiger partial charge >= 0.3 is 5.97 Å². The third-order valence-electron chi connectivity index (χ3n) is 3.50. The zero-order valence-electron chi connectivity index (χ0n) is 14.0. The largest absolute Gasteiger partial charge is 0.427 e. The molecule has 1 aromatic carbocycles. The van der Waals surface area contributed by atoms with Crippen molar-refractivity contribution in [1.29, 1.82) is 0 Å². The van der Waals surface area contributed by atoms with Crippen molar-refractivity contribution in [2.75, 3.05) is 0 Å². The molecule has 0 N–H and O–H groups in total. The van der Waals surface area contributed by atoms with E-state index in [-0.39, 0.29) is 5.97 Å². The van der Waals surface area contributed by atoms with Crippen LogP contribution >= 0.6 is 0 Å². The number of hydrogen-bond acceptors (Lipinski definition) is 5. The molecule has 2 aromatic rings. The average Bonchev–Trinajstić information content (AvgIpc) is 2.62. The first-order chi connectivity index (χ1) is 11.8. The number of hydrogen-bond donors (Lipinski definition) is 0. The number of carbonyl (C=O) groups excluding carboxylic acids is 1. The van der Waals surface area contributed by atoms with Crippen LogP contribution in [0.3, 0.4) is 0 Å². The number of esters is 1. The Balaban J connectivity index is 1.77. The van der Waals surface area contributed by atoms with Gasteiger partial charge in [-0.25, -0.2) is 0 Å². The summed E-state index contributed by atoms with van der Waals surface area (Å²) >= 11 is 0. The molecule has 0 aliphatic rings. The molecule has 0 aliphatic heterocycles. The van der Waals surface area contributed by atoms with Gasteiger partial charge in [-0.15, -0.1) is 0 Å². The Morgan fingerprint density at radius 1 is 0.917 bits per heavy atom. The minimum absolute atomic E-state index is 0.183. The van der Waals surface area contributed by atoms with Gasteiger partial charge in [-0.3, -0.25) is 9.78 Å². The minimum atomic E-state index is -0.183. The molecule has 0 unspecified atom stereocenters. The lowest BCUT2D eigenvalue weighted by Gasteiger charge is -2.04. The Bertz CT molecular complexity index is 639. The van der Waals surface area contributed by atoms with Crippen LogP contribution in [0.15, 0.2) is 59.0 Å². The van der Waals surface area contributed by atoms with Gasteiger partial charge in [-0.1, -0.05) is 32.6 Å². The second-order valence-corrected chi connectivity index (χ2v) is 5.54. The SMILES string of the molecule is CCCCCCCC(=O)Oc1ccc(N=Nc2ccncc2)cc1. The van der Waals surface area contributed by atoms with Crippen LogP contribution < -0.4 is 4.74 Å². The van der Waals surface area contributed by atoms with E-state index in [4.69, 9.17) is 4.74 Å². The maximum Gasteiger partial charge on any atom is 0.311 e. The fourth-order valence-electron chi connectivity index (χ4n) is 2.16. The van der Waals surface area contributed by atoms with Gasteiger partial charge in [0, 0.05) is 18.8 Å². The summed E-state index contributed by atoms with van der Waals surface area (Å²) in [7, 11) is 0. The standard InChI is InChI=1S/C19H23N3O2/c1-2-3-4-5-6-7-19(23)24-18-10-8-16(9-11-18)21-22-17-12-14-20-15-13-17/h8-15H,2-7H2,1H3. The number of carbonyl (C=O) groups is 1. The number of nitrogens with zero attached hydrogens (tertiary/aromatic N) is 3.